The monoisotopic (exact) mass is 393 g/mol. The number of benzene rings is 1. The summed E-state index contributed by atoms with van der Waals surface area (Å²) in [7, 11) is 4.73. The van der Waals surface area contributed by atoms with Crippen molar-refractivity contribution in [3.8, 4) is 17.2 Å². The Morgan fingerprint density at radius 3 is 2.54 bits per heavy atom. The molecule has 1 aromatic carbocycles. The average molecular weight is 393 g/mol. The van der Waals surface area contributed by atoms with Crippen LogP contribution < -0.4 is 19.5 Å². The molecule has 0 spiro atoms. The molecule has 0 amide bonds. The van der Waals surface area contributed by atoms with Gasteiger partial charge in [0.1, 0.15) is 22.7 Å². The molecule has 0 bridgehead atoms. The summed E-state index contributed by atoms with van der Waals surface area (Å²) in [6.45, 7) is 2.66. The minimum atomic E-state index is 0.509. The van der Waals surface area contributed by atoms with Crippen molar-refractivity contribution in [3.63, 3.8) is 0 Å². The van der Waals surface area contributed by atoms with Crippen molar-refractivity contribution in [2.45, 2.75) is 11.3 Å². The molecule has 3 rings (SSSR count). The predicted molar refractivity (Wildman–Crippen MR) is 103 cm³/mol. The Kier molecular flexibility index (Phi) is 5.94. The van der Waals surface area contributed by atoms with Crippen LogP contribution in [-0.4, -0.2) is 53.8 Å². The number of aromatic nitrogens is 4. The molecule has 0 saturated carbocycles. The van der Waals surface area contributed by atoms with E-state index < -0.39 is 0 Å². The Morgan fingerprint density at radius 1 is 1.08 bits per heavy atom. The summed E-state index contributed by atoms with van der Waals surface area (Å²) in [6.07, 6.45) is 1.50. The summed E-state index contributed by atoms with van der Waals surface area (Å²) in [5.41, 5.74) is 0.662. The van der Waals surface area contributed by atoms with Crippen LogP contribution in [0.1, 0.15) is 5.01 Å². The number of rotatable bonds is 8. The van der Waals surface area contributed by atoms with Crippen LogP contribution >= 0.6 is 23.1 Å². The van der Waals surface area contributed by atoms with Crippen LogP contribution in [-0.2, 0) is 0 Å². The van der Waals surface area contributed by atoms with Gasteiger partial charge in [-0.05, 0) is 13.0 Å². The van der Waals surface area contributed by atoms with Crippen LogP contribution in [0.3, 0.4) is 0 Å². The minimum absolute atomic E-state index is 0.509. The number of ether oxygens (including phenoxy) is 3. The van der Waals surface area contributed by atoms with Gasteiger partial charge in [-0.3, -0.25) is 0 Å². The summed E-state index contributed by atoms with van der Waals surface area (Å²) >= 11 is 3.25. The number of thioether (sulfide) groups is 1. The van der Waals surface area contributed by atoms with E-state index in [2.05, 4.69) is 25.5 Å². The molecule has 0 unspecified atom stereocenters. The zero-order valence-corrected chi connectivity index (χ0v) is 16.5. The number of hydrogen-bond donors (Lipinski definition) is 1. The zero-order valence-electron chi connectivity index (χ0n) is 14.9. The fourth-order valence-corrected chi connectivity index (χ4v) is 4.19. The summed E-state index contributed by atoms with van der Waals surface area (Å²) in [5.74, 6) is 3.14. The van der Waals surface area contributed by atoms with Gasteiger partial charge in [-0.2, -0.15) is 0 Å². The van der Waals surface area contributed by atoms with Gasteiger partial charge >= 0.3 is 0 Å². The largest absolute Gasteiger partial charge is 0.493 e. The average Bonchev–Trinajstić information content (AvgIpc) is 3.08. The number of aryl methyl sites for hydroxylation is 1. The second kappa shape index (κ2) is 8.37. The highest BCUT2D eigenvalue weighted by Gasteiger charge is 2.19. The topological polar surface area (TPSA) is 91.3 Å². The van der Waals surface area contributed by atoms with Gasteiger partial charge in [-0.1, -0.05) is 23.1 Å². The fourth-order valence-electron chi connectivity index (χ4n) is 2.45. The van der Waals surface area contributed by atoms with Gasteiger partial charge in [0.05, 0.1) is 26.7 Å². The summed E-state index contributed by atoms with van der Waals surface area (Å²) < 4.78 is 17.3. The van der Waals surface area contributed by atoms with Crippen LogP contribution in [0, 0.1) is 6.92 Å². The highest BCUT2D eigenvalue weighted by molar-refractivity contribution is 8.01. The lowest BCUT2D eigenvalue weighted by atomic mass is 10.2. The normalized spacial score (nSPS) is 10.8. The first-order valence-electron chi connectivity index (χ1n) is 7.78. The number of methoxy groups -OCH3 is 3. The molecular formula is C16H19N5O3S2. The van der Waals surface area contributed by atoms with Gasteiger partial charge < -0.3 is 19.5 Å². The molecule has 2 aromatic heterocycles. The standard InChI is InChI=1S/C16H19N5O3S2/c1-9-20-21-16(26-9)25-6-5-17-15-10-7-11(22-2)13(23-3)14(24-4)12(10)18-8-19-15/h7-8H,5-6H2,1-4H3,(H,17,18,19). The van der Waals surface area contributed by atoms with Gasteiger partial charge in [0.2, 0.25) is 5.75 Å². The van der Waals surface area contributed by atoms with Crippen LogP contribution in [0.5, 0.6) is 17.2 Å². The van der Waals surface area contributed by atoms with Gasteiger partial charge in [-0.25, -0.2) is 9.97 Å². The SMILES string of the molecule is COc1cc2c(NCCSc3nnc(C)s3)ncnc2c(OC)c1OC. The van der Waals surface area contributed by atoms with Crippen molar-refractivity contribution in [3.05, 3.63) is 17.4 Å². The van der Waals surface area contributed by atoms with E-state index >= 15 is 0 Å². The van der Waals surface area contributed by atoms with Crippen LogP contribution in [0.25, 0.3) is 10.9 Å². The lowest BCUT2D eigenvalue weighted by Crippen LogP contribution is -2.07. The van der Waals surface area contributed by atoms with E-state index in [0.29, 0.717) is 35.1 Å². The summed E-state index contributed by atoms with van der Waals surface area (Å²) in [6, 6.07) is 1.85. The Morgan fingerprint density at radius 2 is 1.88 bits per heavy atom. The van der Waals surface area contributed by atoms with Crippen molar-refractivity contribution in [1.82, 2.24) is 20.2 Å². The summed E-state index contributed by atoms with van der Waals surface area (Å²) in [4.78, 5) is 8.69. The van der Waals surface area contributed by atoms with Crippen molar-refractivity contribution in [1.29, 1.82) is 0 Å². The van der Waals surface area contributed by atoms with Gasteiger partial charge in [0, 0.05) is 12.3 Å². The molecule has 0 fully saturated rings. The van der Waals surface area contributed by atoms with Crippen LogP contribution in [0.4, 0.5) is 5.82 Å². The molecule has 0 radical (unpaired) electrons. The Hall–Kier alpha value is -2.33. The number of fused-ring (bicyclic) bond motifs is 1. The smallest absolute Gasteiger partial charge is 0.205 e. The Labute approximate surface area is 159 Å². The van der Waals surface area contributed by atoms with E-state index in [1.54, 1.807) is 44.4 Å². The molecule has 0 aliphatic rings. The van der Waals surface area contributed by atoms with Crippen molar-refractivity contribution < 1.29 is 14.2 Å². The lowest BCUT2D eigenvalue weighted by molar-refractivity contribution is 0.327. The third kappa shape index (κ3) is 3.75. The van der Waals surface area contributed by atoms with Crippen molar-refractivity contribution >= 4 is 39.8 Å². The van der Waals surface area contributed by atoms with Crippen LogP contribution in [0.2, 0.25) is 0 Å². The second-order valence-corrected chi connectivity index (χ2v) is 7.65. The number of hydrogen-bond acceptors (Lipinski definition) is 10. The maximum Gasteiger partial charge on any atom is 0.205 e. The molecular weight excluding hydrogens is 374 g/mol. The third-order valence-electron chi connectivity index (χ3n) is 3.56. The molecule has 2 heterocycles. The third-order valence-corrected chi connectivity index (χ3v) is 5.53. The molecule has 3 aromatic rings. The quantitative estimate of drug-likeness (QED) is 0.458. The van der Waals surface area contributed by atoms with E-state index in [4.69, 9.17) is 14.2 Å². The molecule has 1 N–H and O–H groups in total. The molecule has 138 valence electrons. The molecule has 26 heavy (non-hydrogen) atoms. The van der Waals surface area contributed by atoms with E-state index in [9.17, 15) is 0 Å². The van der Waals surface area contributed by atoms with Crippen molar-refractivity contribution in [2.75, 3.05) is 38.9 Å². The lowest BCUT2D eigenvalue weighted by Gasteiger charge is -2.15. The van der Waals surface area contributed by atoms with Gasteiger partial charge in [0.15, 0.2) is 15.8 Å². The molecule has 0 saturated heterocycles. The first-order valence-corrected chi connectivity index (χ1v) is 9.58. The van der Waals surface area contributed by atoms with E-state index in [-0.39, 0.29) is 0 Å². The first kappa shape index (κ1) is 18.5. The maximum absolute atomic E-state index is 5.49. The van der Waals surface area contributed by atoms with E-state index in [1.165, 1.54) is 6.33 Å². The highest BCUT2D eigenvalue weighted by Crippen LogP contribution is 2.43. The second-order valence-electron chi connectivity index (χ2n) is 5.13. The molecule has 0 atom stereocenters. The Balaban J connectivity index is 1.82. The first-order chi connectivity index (χ1) is 12.7. The van der Waals surface area contributed by atoms with Crippen LogP contribution in [0.15, 0.2) is 16.7 Å². The maximum atomic E-state index is 5.49. The van der Waals surface area contributed by atoms with E-state index in [0.717, 1.165) is 20.5 Å². The number of nitrogens with one attached hydrogen (secondary N) is 1. The highest BCUT2D eigenvalue weighted by atomic mass is 32.2. The van der Waals surface area contributed by atoms with Gasteiger partial charge in [0.25, 0.3) is 0 Å². The number of nitrogens with zero attached hydrogens (tertiary/aromatic N) is 4. The Bertz CT molecular complexity index is 903. The van der Waals surface area contributed by atoms with E-state index in [1.807, 2.05) is 13.0 Å². The molecule has 8 nitrogen and oxygen atoms in total. The fraction of sp³-hybridized carbons (Fsp3) is 0.375. The van der Waals surface area contributed by atoms with Crippen molar-refractivity contribution in [2.24, 2.45) is 0 Å². The number of anilines is 1. The molecule has 0 aliphatic heterocycles. The summed E-state index contributed by atoms with van der Waals surface area (Å²) in [5, 5.41) is 13.2. The zero-order chi connectivity index (χ0) is 18.5. The molecule has 0 aliphatic carbocycles. The van der Waals surface area contributed by atoms with Gasteiger partial charge in [-0.15, -0.1) is 10.2 Å². The molecule has 10 heteroatoms. The predicted octanol–water partition coefficient (Wildman–Crippen LogP) is 3.02. The minimum Gasteiger partial charge on any atom is -0.493 e.